The fourth-order valence-corrected chi connectivity index (χ4v) is 3.91. The molecule has 0 bridgehead atoms. The summed E-state index contributed by atoms with van der Waals surface area (Å²) in [5, 5.41) is 15.2. The normalized spacial score (nSPS) is 13.9. The van der Waals surface area contributed by atoms with Crippen LogP contribution in [-0.2, 0) is 4.79 Å². The van der Waals surface area contributed by atoms with Gasteiger partial charge in [-0.3, -0.25) is 4.79 Å². The number of carbonyl (C=O) groups excluding carboxylic acids is 1. The van der Waals surface area contributed by atoms with E-state index in [1.165, 1.54) is 35.9 Å². The van der Waals surface area contributed by atoms with Gasteiger partial charge in [-0.1, -0.05) is 39.0 Å². The third-order valence-corrected chi connectivity index (χ3v) is 5.58. The topological polar surface area (TPSA) is 66.9 Å². The molecule has 1 aliphatic rings. The van der Waals surface area contributed by atoms with E-state index in [2.05, 4.69) is 36.8 Å². The predicted octanol–water partition coefficient (Wildman–Crippen LogP) is 3.91. The Labute approximate surface area is 145 Å². The van der Waals surface area contributed by atoms with E-state index in [9.17, 15) is 4.79 Å². The number of aromatic nitrogens is 2. The zero-order valence-electron chi connectivity index (χ0n) is 11.9. The zero-order valence-corrected chi connectivity index (χ0v) is 15.1. The summed E-state index contributed by atoms with van der Waals surface area (Å²) >= 11 is 6.32. The first kappa shape index (κ1) is 15.8. The molecule has 1 aliphatic carbocycles. The molecule has 116 valence electrons. The van der Waals surface area contributed by atoms with Crippen LogP contribution in [0.5, 0.6) is 0 Å². The highest BCUT2D eigenvalue weighted by atomic mass is 79.9. The molecule has 1 amide bonds. The number of hydrogen-bond donors (Lipinski definition) is 2. The molecule has 0 radical (unpaired) electrons. The zero-order chi connectivity index (χ0) is 15.5. The molecule has 0 unspecified atom stereocenters. The summed E-state index contributed by atoms with van der Waals surface area (Å²) in [6.45, 7) is 1.97. The van der Waals surface area contributed by atoms with E-state index in [1.54, 1.807) is 0 Å². The summed E-state index contributed by atoms with van der Waals surface area (Å²) in [6.07, 6.45) is 2.41. The monoisotopic (exact) mass is 398 g/mol. The first-order valence-electron chi connectivity index (χ1n) is 6.89. The number of rotatable bonds is 6. The van der Waals surface area contributed by atoms with Gasteiger partial charge in [-0.2, -0.15) is 0 Å². The fraction of sp³-hybridized carbons (Fsp3) is 0.357. The summed E-state index contributed by atoms with van der Waals surface area (Å²) in [4.78, 5) is 12.0. The summed E-state index contributed by atoms with van der Waals surface area (Å²) in [6, 6.07) is 6.35. The van der Waals surface area contributed by atoms with Crippen molar-refractivity contribution < 1.29 is 4.79 Å². The fourth-order valence-electron chi connectivity index (χ4n) is 1.81. The van der Waals surface area contributed by atoms with Gasteiger partial charge < -0.3 is 10.6 Å². The van der Waals surface area contributed by atoms with E-state index in [4.69, 9.17) is 0 Å². The molecule has 0 spiro atoms. The van der Waals surface area contributed by atoms with Gasteiger partial charge in [-0.15, -0.1) is 10.2 Å². The summed E-state index contributed by atoms with van der Waals surface area (Å²) in [5.41, 5.74) is 1.86. The summed E-state index contributed by atoms with van der Waals surface area (Å²) in [5.74, 6) is 0.287. The Morgan fingerprint density at radius 3 is 3.00 bits per heavy atom. The van der Waals surface area contributed by atoms with Gasteiger partial charge in [-0.25, -0.2) is 0 Å². The number of aryl methyl sites for hydroxylation is 1. The second kappa shape index (κ2) is 6.97. The molecular weight excluding hydrogens is 384 g/mol. The predicted molar refractivity (Wildman–Crippen MR) is 94.8 cm³/mol. The van der Waals surface area contributed by atoms with Gasteiger partial charge in [0.1, 0.15) is 0 Å². The van der Waals surface area contributed by atoms with Crippen LogP contribution in [0.4, 0.5) is 10.8 Å². The Hall–Kier alpha value is -1.12. The Morgan fingerprint density at radius 2 is 2.27 bits per heavy atom. The number of amides is 1. The first-order valence-corrected chi connectivity index (χ1v) is 9.48. The third kappa shape index (κ3) is 4.44. The first-order chi connectivity index (χ1) is 10.6. The van der Waals surface area contributed by atoms with E-state index < -0.39 is 0 Å². The number of nitrogens with one attached hydrogen (secondary N) is 2. The van der Waals surface area contributed by atoms with E-state index in [0.717, 1.165) is 25.2 Å². The van der Waals surface area contributed by atoms with E-state index >= 15 is 0 Å². The van der Waals surface area contributed by atoms with Crippen molar-refractivity contribution >= 4 is 55.8 Å². The van der Waals surface area contributed by atoms with Gasteiger partial charge in [0.05, 0.1) is 5.75 Å². The van der Waals surface area contributed by atoms with Gasteiger partial charge >= 0.3 is 0 Å². The van der Waals surface area contributed by atoms with Crippen LogP contribution in [-0.4, -0.2) is 27.9 Å². The quantitative estimate of drug-likeness (QED) is 0.721. The molecule has 0 atom stereocenters. The Bertz CT molecular complexity index is 687. The minimum absolute atomic E-state index is 0.0395. The molecule has 1 saturated carbocycles. The molecule has 2 aromatic rings. The van der Waals surface area contributed by atoms with Crippen molar-refractivity contribution in [1.29, 1.82) is 0 Å². The highest BCUT2D eigenvalue weighted by Gasteiger charge is 2.22. The van der Waals surface area contributed by atoms with Crippen LogP contribution in [0.15, 0.2) is 27.0 Å². The molecule has 1 heterocycles. The molecule has 2 N–H and O–H groups in total. The second-order valence-corrected chi connectivity index (χ2v) is 8.20. The third-order valence-electron chi connectivity index (χ3n) is 3.10. The largest absolute Gasteiger partial charge is 0.357 e. The lowest BCUT2D eigenvalue weighted by Crippen LogP contribution is -2.14. The van der Waals surface area contributed by atoms with E-state index in [0.29, 0.717) is 11.8 Å². The van der Waals surface area contributed by atoms with Crippen LogP contribution in [0.3, 0.4) is 0 Å². The number of carbonyl (C=O) groups is 1. The Morgan fingerprint density at radius 1 is 1.45 bits per heavy atom. The van der Waals surface area contributed by atoms with Crippen molar-refractivity contribution in [3.8, 4) is 0 Å². The van der Waals surface area contributed by atoms with Crippen LogP contribution < -0.4 is 10.6 Å². The van der Waals surface area contributed by atoms with Crippen molar-refractivity contribution in [2.75, 3.05) is 16.4 Å². The Balaban J connectivity index is 1.50. The van der Waals surface area contributed by atoms with Gasteiger partial charge in [0, 0.05) is 16.2 Å². The average molecular weight is 399 g/mol. The number of anilines is 2. The van der Waals surface area contributed by atoms with Gasteiger partial charge in [0.25, 0.3) is 0 Å². The molecular formula is C14H15BrN4OS2. The highest BCUT2D eigenvalue weighted by Crippen LogP contribution is 2.30. The summed E-state index contributed by atoms with van der Waals surface area (Å²) < 4.78 is 1.81. The number of halogens is 1. The highest BCUT2D eigenvalue weighted by molar-refractivity contribution is 9.10. The maximum atomic E-state index is 12.0. The average Bonchev–Trinajstić information content (AvgIpc) is 3.17. The lowest BCUT2D eigenvalue weighted by Gasteiger charge is -2.07. The van der Waals surface area contributed by atoms with Crippen LogP contribution in [0, 0.1) is 6.92 Å². The lowest BCUT2D eigenvalue weighted by molar-refractivity contribution is -0.113. The van der Waals surface area contributed by atoms with Crippen LogP contribution in [0.1, 0.15) is 18.4 Å². The summed E-state index contributed by atoms with van der Waals surface area (Å²) in [7, 11) is 0. The minimum Gasteiger partial charge on any atom is -0.357 e. The van der Waals surface area contributed by atoms with Gasteiger partial charge in [-0.05, 0) is 43.5 Å². The van der Waals surface area contributed by atoms with Crippen molar-refractivity contribution in [1.82, 2.24) is 10.2 Å². The number of thioether (sulfide) groups is 1. The molecule has 5 nitrogen and oxygen atoms in total. The van der Waals surface area contributed by atoms with E-state index in [1.807, 2.05) is 25.1 Å². The molecule has 1 fully saturated rings. The smallest absolute Gasteiger partial charge is 0.234 e. The maximum Gasteiger partial charge on any atom is 0.234 e. The standard InChI is InChI=1S/C14H15BrN4OS2/c1-8-6-9(15)2-5-11(8)17-12(20)7-21-14-19-18-13(22-14)16-10-3-4-10/h2,5-6,10H,3-4,7H2,1H3,(H,16,18)(H,17,20). The van der Waals surface area contributed by atoms with Gasteiger partial charge in [0.15, 0.2) is 4.34 Å². The molecule has 22 heavy (non-hydrogen) atoms. The SMILES string of the molecule is Cc1cc(Br)ccc1NC(=O)CSc1nnc(NC2CC2)s1. The number of benzene rings is 1. The maximum absolute atomic E-state index is 12.0. The van der Waals surface area contributed by atoms with Crippen molar-refractivity contribution in [2.45, 2.75) is 30.1 Å². The molecule has 1 aromatic carbocycles. The molecule has 3 rings (SSSR count). The van der Waals surface area contributed by atoms with Gasteiger partial charge in [0.2, 0.25) is 11.0 Å². The number of hydrogen-bond acceptors (Lipinski definition) is 6. The van der Waals surface area contributed by atoms with Crippen molar-refractivity contribution in [2.24, 2.45) is 0 Å². The van der Waals surface area contributed by atoms with Crippen LogP contribution >= 0.6 is 39.0 Å². The molecule has 1 aromatic heterocycles. The van der Waals surface area contributed by atoms with Crippen molar-refractivity contribution in [3.05, 3.63) is 28.2 Å². The van der Waals surface area contributed by atoms with Crippen LogP contribution in [0.2, 0.25) is 0 Å². The van der Waals surface area contributed by atoms with Crippen molar-refractivity contribution in [3.63, 3.8) is 0 Å². The minimum atomic E-state index is -0.0395. The molecule has 0 saturated heterocycles. The second-order valence-electron chi connectivity index (χ2n) is 5.09. The van der Waals surface area contributed by atoms with E-state index in [-0.39, 0.29) is 5.91 Å². The molecule has 8 heteroatoms. The Kier molecular flexibility index (Phi) is 5.00. The lowest BCUT2D eigenvalue weighted by atomic mass is 10.2. The van der Waals surface area contributed by atoms with Crippen LogP contribution in [0.25, 0.3) is 0 Å². The number of nitrogens with zero attached hydrogens (tertiary/aromatic N) is 2. The molecule has 0 aliphatic heterocycles.